The number of benzene rings is 3. The van der Waals surface area contributed by atoms with Gasteiger partial charge in [-0.2, -0.15) is 0 Å². The molecule has 1 aliphatic rings. The van der Waals surface area contributed by atoms with Crippen molar-refractivity contribution in [2.75, 3.05) is 12.3 Å². The number of thioether (sulfide) groups is 1. The van der Waals surface area contributed by atoms with Gasteiger partial charge in [0.15, 0.2) is 0 Å². The van der Waals surface area contributed by atoms with E-state index in [1.807, 2.05) is 65.6 Å². The van der Waals surface area contributed by atoms with E-state index in [0.717, 1.165) is 22.4 Å². The van der Waals surface area contributed by atoms with Crippen LogP contribution in [-0.4, -0.2) is 23.1 Å². The highest BCUT2D eigenvalue weighted by atomic mass is 32.2. The molecule has 1 amide bonds. The third kappa shape index (κ3) is 3.76. The molecule has 1 atom stereocenters. The fourth-order valence-corrected chi connectivity index (χ4v) is 4.80. The van der Waals surface area contributed by atoms with Crippen LogP contribution in [0, 0.1) is 5.82 Å². The van der Waals surface area contributed by atoms with E-state index in [1.165, 1.54) is 12.1 Å². The van der Waals surface area contributed by atoms with Gasteiger partial charge in [-0.1, -0.05) is 72.8 Å². The Bertz CT molecular complexity index is 859. The van der Waals surface area contributed by atoms with Crippen LogP contribution in [0.15, 0.2) is 84.9 Å². The molecule has 0 radical (unpaired) electrons. The lowest BCUT2D eigenvalue weighted by atomic mass is 9.90. The van der Waals surface area contributed by atoms with Crippen molar-refractivity contribution in [1.29, 1.82) is 0 Å². The molecule has 0 saturated carbocycles. The molecule has 3 aromatic rings. The van der Waals surface area contributed by atoms with Crippen molar-refractivity contribution in [2.24, 2.45) is 0 Å². The standard InChI is InChI=1S/C23H20FNOS/c24-20-13-11-19(12-14-20)23-25(15-16-27-23)22(26)21(17-7-3-1-4-8-17)18-9-5-2-6-10-18/h1-14,21,23H,15-16H2/t23-/m0/s1. The first-order valence-electron chi connectivity index (χ1n) is 9.01. The first kappa shape index (κ1) is 17.8. The molecule has 136 valence electrons. The lowest BCUT2D eigenvalue weighted by Gasteiger charge is -2.29. The van der Waals surface area contributed by atoms with Crippen LogP contribution in [0.4, 0.5) is 4.39 Å². The van der Waals surface area contributed by atoms with E-state index in [-0.39, 0.29) is 23.0 Å². The number of carbonyl (C=O) groups excluding carboxylic acids is 1. The lowest BCUT2D eigenvalue weighted by molar-refractivity contribution is -0.132. The molecule has 0 aromatic heterocycles. The van der Waals surface area contributed by atoms with E-state index in [4.69, 9.17) is 0 Å². The summed E-state index contributed by atoms with van der Waals surface area (Å²) in [5.41, 5.74) is 2.94. The number of carbonyl (C=O) groups is 1. The Morgan fingerprint density at radius 2 is 1.44 bits per heavy atom. The van der Waals surface area contributed by atoms with Gasteiger partial charge in [-0.3, -0.25) is 4.79 Å². The van der Waals surface area contributed by atoms with Gasteiger partial charge in [-0.15, -0.1) is 11.8 Å². The lowest BCUT2D eigenvalue weighted by Crippen LogP contribution is -2.35. The van der Waals surface area contributed by atoms with E-state index in [9.17, 15) is 9.18 Å². The molecule has 1 heterocycles. The summed E-state index contributed by atoms with van der Waals surface area (Å²) in [5, 5.41) is -0.0759. The molecule has 0 spiro atoms. The van der Waals surface area contributed by atoms with Crippen molar-refractivity contribution in [1.82, 2.24) is 4.90 Å². The summed E-state index contributed by atoms with van der Waals surface area (Å²) in [6.45, 7) is 0.696. The normalized spacial score (nSPS) is 16.7. The van der Waals surface area contributed by atoms with Crippen molar-refractivity contribution in [3.8, 4) is 0 Å². The maximum atomic E-state index is 13.6. The summed E-state index contributed by atoms with van der Waals surface area (Å²) >= 11 is 1.73. The summed E-state index contributed by atoms with van der Waals surface area (Å²) in [6, 6.07) is 26.3. The molecule has 1 aliphatic heterocycles. The predicted octanol–water partition coefficient (Wildman–Crippen LogP) is 5.23. The van der Waals surface area contributed by atoms with E-state index >= 15 is 0 Å². The topological polar surface area (TPSA) is 20.3 Å². The van der Waals surface area contributed by atoms with Crippen LogP contribution in [-0.2, 0) is 4.79 Å². The fraction of sp³-hybridized carbons (Fsp3) is 0.174. The molecule has 4 rings (SSSR count). The second-order valence-corrected chi connectivity index (χ2v) is 7.75. The van der Waals surface area contributed by atoms with Gasteiger partial charge in [0.2, 0.25) is 5.91 Å². The third-order valence-corrected chi connectivity index (χ3v) is 6.10. The van der Waals surface area contributed by atoms with Gasteiger partial charge < -0.3 is 4.90 Å². The van der Waals surface area contributed by atoms with Gasteiger partial charge in [0.25, 0.3) is 0 Å². The van der Waals surface area contributed by atoms with Gasteiger partial charge in [0.05, 0.1) is 5.92 Å². The molecule has 0 bridgehead atoms. The Labute approximate surface area is 163 Å². The van der Waals surface area contributed by atoms with Crippen molar-refractivity contribution in [2.45, 2.75) is 11.3 Å². The summed E-state index contributed by atoms with van der Waals surface area (Å²) in [7, 11) is 0. The minimum atomic E-state index is -0.339. The maximum absolute atomic E-state index is 13.6. The number of hydrogen-bond donors (Lipinski definition) is 0. The number of hydrogen-bond acceptors (Lipinski definition) is 2. The van der Waals surface area contributed by atoms with Crippen molar-refractivity contribution in [3.05, 3.63) is 107 Å². The Hall–Kier alpha value is -2.59. The zero-order chi connectivity index (χ0) is 18.6. The molecule has 4 heteroatoms. The zero-order valence-corrected chi connectivity index (χ0v) is 15.6. The minimum Gasteiger partial charge on any atom is -0.325 e. The highest BCUT2D eigenvalue weighted by Crippen LogP contribution is 2.40. The zero-order valence-electron chi connectivity index (χ0n) is 14.8. The average molecular weight is 377 g/mol. The molecule has 27 heavy (non-hydrogen) atoms. The van der Waals surface area contributed by atoms with Gasteiger partial charge in [0.1, 0.15) is 11.2 Å². The fourth-order valence-electron chi connectivity index (χ4n) is 3.53. The second kappa shape index (κ2) is 7.97. The number of amides is 1. The monoisotopic (exact) mass is 377 g/mol. The Kier molecular flexibility index (Phi) is 5.26. The maximum Gasteiger partial charge on any atom is 0.235 e. The van der Waals surface area contributed by atoms with Crippen molar-refractivity contribution >= 4 is 17.7 Å². The van der Waals surface area contributed by atoms with Gasteiger partial charge in [0, 0.05) is 12.3 Å². The quantitative estimate of drug-likeness (QED) is 0.620. The Balaban J connectivity index is 1.69. The van der Waals surface area contributed by atoms with E-state index in [2.05, 4.69) is 0 Å². The predicted molar refractivity (Wildman–Crippen MR) is 108 cm³/mol. The minimum absolute atomic E-state index is 0.0759. The highest BCUT2D eigenvalue weighted by Gasteiger charge is 2.35. The molecule has 1 saturated heterocycles. The molecule has 0 aliphatic carbocycles. The summed E-state index contributed by atoms with van der Waals surface area (Å²) in [5.74, 6) is 0.371. The molecule has 1 fully saturated rings. The van der Waals surface area contributed by atoms with Crippen LogP contribution in [0.25, 0.3) is 0 Å². The van der Waals surface area contributed by atoms with E-state index in [0.29, 0.717) is 6.54 Å². The largest absolute Gasteiger partial charge is 0.325 e. The molecule has 3 aromatic carbocycles. The van der Waals surface area contributed by atoms with Crippen LogP contribution >= 0.6 is 11.8 Å². The Morgan fingerprint density at radius 3 is 2.00 bits per heavy atom. The first-order valence-corrected chi connectivity index (χ1v) is 10.1. The number of rotatable bonds is 4. The van der Waals surface area contributed by atoms with Gasteiger partial charge >= 0.3 is 0 Å². The van der Waals surface area contributed by atoms with Crippen molar-refractivity contribution < 1.29 is 9.18 Å². The Morgan fingerprint density at radius 1 is 0.889 bits per heavy atom. The molecule has 2 nitrogen and oxygen atoms in total. The smallest absolute Gasteiger partial charge is 0.235 e. The summed E-state index contributed by atoms with van der Waals surface area (Å²) in [6.07, 6.45) is 0. The highest BCUT2D eigenvalue weighted by molar-refractivity contribution is 7.99. The van der Waals surface area contributed by atoms with Gasteiger partial charge in [-0.05, 0) is 28.8 Å². The molecule has 0 N–H and O–H groups in total. The molecule has 0 unspecified atom stereocenters. The van der Waals surface area contributed by atoms with Crippen LogP contribution in [0.2, 0.25) is 0 Å². The van der Waals surface area contributed by atoms with E-state index < -0.39 is 0 Å². The summed E-state index contributed by atoms with van der Waals surface area (Å²) in [4.78, 5) is 15.6. The van der Waals surface area contributed by atoms with Crippen LogP contribution in [0.3, 0.4) is 0 Å². The van der Waals surface area contributed by atoms with Crippen LogP contribution < -0.4 is 0 Å². The molecular weight excluding hydrogens is 357 g/mol. The van der Waals surface area contributed by atoms with Gasteiger partial charge in [-0.25, -0.2) is 4.39 Å². The third-order valence-electron chi connectivity index (χ3n) is 4.84. The van der Waals surface area contributed by atoms with E-state index in [1.54, 1.807) is 23.9 Å². The second-order valence-electron chi connectivity index (χ2n) is 6.56. The van der Waals surface area contributed by atoms with Crippen LogP contribution in [0.5, 0.6) is 0 Å². The first-order chi connectivity index (χ1) is 13.2. The summed E-state index contributed by atoms with van der Waals surface area (Å²) < 4.78 is 13.3. The number of nitrogens with zero attached hydrogens (tertiary/aromatic N) is 1. The number of halogens is 1. The SMILES string of the molecule is O=C(C(c1ccccc1)c1ccccc1)N1CCS[C@H]1c1ccc(F)cc1. The molecular formula is C23H20FNOS. The average Bonchev–Trinajstić information content (AvgIpc) is 3.20. The van der Waals surface area contributed by atoms with Crippen molar-refractivity contribution in [3.63, 3.8) is 0 Å². The van der Waals surface area contributed by atoms with Crippen LogP contribution in [0.1, 0.15) is 28.0 Å².